The zero-order valence-corrected chi connectivity index (χ0v) is 17.2. The molecule has 3 rings (SSSR count). The molecule has 1 heterocycles. The van der Waals surface area contributed by atoms with E-state index >= 15 is 0 Å². The Morgan fingerprint density at radius 1 is 1.00 bits per heavy atom. The molecule has 0 amide bonds. The molecule has 3 aromatic rings. The summed E-state index contributed by atoms with van der Waals surface area (Å²) >= 11 is 4.48. The van der Waals surface area contributed by atoms with Gasteiger partial charge in [0.2, 0.25) is 0 Å². The second kappa shape index (κ2) is 7.65. The van der Waals surface area contributed by atoms with Gasteiger partial charge in [0.15, 0.2) is 5.78 Å². The molecule has 2 nitrogen and oxygen atoms in total. The van der Waals surface area contributed by atoms with Crippen molar-refractivity contribution in [3.8, 4) is 11.3 Å². The molecule has 1 aromatic heterocycles. The van der Waals surface area contributed by atoms with Crippen molar-refractivity contribution in [3.63, 3.8) is 0 Å². The highest BCUT2D eigenvalue weighted by Crippen LogP contribution is 2.29. The molecule has 2 aromatic carbocycles. The van der Waals surface area contributed by atoms with Gasteiger partial charge in [0.25, 0.3) is 0 Å². The first-order chi connectivity index (χ1) is 11.6. The highest BCUT2D eigenvalue weighted by atomic mass is 127. The molecule has 0 aliphatic rings. The Hall–Kier alpha value is -1.41. The van der Waals surface area contributed by atoms with E-state index < -0.39 is 0 Å². The number of hydrogen-bond donors (Lipinski definition) is 0. The maximum atomic E-state index is 12.5. The van der Waals surface area contributed by atoms with Crippen LogP contribution >= 0.6 is 45.2 Å². The zero-order valence-electron chi connectivity index (χ0n) is 12.9. The predicted molar refractivity (Wildman–Crippen MR) is 114 cm³/mol. The lowest BCUT2D eigenvalue weighted by molar-refractivity contribution is 0.104. The average molecular weight is 540 g/mol. The molecular weight excluding hydrogens is 526 g/mol. The van der Waals surface area contributed by atoms with Crippen LogP contribution in [0.15, 0.2) is 71.4 Å². The molecule has 24 heavy (non-hydrogen) atoms. The van der Waals surface area contributed by atoms with E-state index in [1.54, 1.807) is 12.3 Å². The molecule has 0 aliphatic carbocycles. The highest BCUT2D eigenvalue weighted by molar-refractivity contribution is 14.1. The van der Waals surface area contributed by atoms with Gasteiger partial charge in [-0.2, -0.15) is 0 Å². The summed E-state index contributed by atoms with van der Waals surface area (Å²) in [5.74, 6) is 0.819. The number of furan rings is 1. The third-order valence-corrected chi connectivity index (χ3v) is 5.56. The van der Waals surface area contributed by atoms with Gasteiger partial charge in [0.1, 0.15) is 5.76 Å². The summed E-state index contributed by atoms with van der Waals surface area (Å²) in [5, 5.41) is 0. The van der Waals surface area contributed by atoms with Crippen molar-refractivity contribution in [1.29, 1.82) is 0 Å². The molecule has 0 saturated carbocycles. The van der Waals surface area contributed by atoms with Crippen LogP contribution < -0.4 is 0 Å². The minimum absolute atomic E-state index is 0.00883. The second-order valence-corrected chi connectivity index (χ2v) is 7.68. The zero-order chi connectivity index (χ0) is 17.1. The fourth-order valence-corrected chi connectivity index (χ4v) is 3.67. The number of benzene rings is 2. The van der Waals surface area contributed by atoms with Crippen molar-refractivity contribution < 1.29 is 9.21 Å². The first-order valence-corrected chi connectivity index (χ1v) is 9.53. The summed E-state index contributed by atoms with van der Waals surface area (Å²) in [4.78, 5) is 12.5. The first-order valence-electron chi connectivity index (χ1n) is 7.37. The van der Waals surface area contributed by atoms with Crippen LogP contribution in [0.5, 0.6) is 0 Å². The molecule has 0 N–H and O–H groups in total. The monoisotopic (exact) mass is 540 g/mol. The molecule has 0 saturated heterocycles. The maximum Gasteiger partial charge on any atom is 0.187 e. The topological polar surface area (TPSA) is 30.2 Å². The Balaban J connectivity index is 1.89. The summed E-state index contributed by atoms with van der Waals surface area (Å²) in [5.41, 5.74) is 3.59. The molecule has 0 unspecified atom stereocenters. The van der Waals surface area contributed by atoms with Crippen LogP contribution in [-0.4, -0.2) is 5.78 Å². The van der Waals surface area contributed by atoms with E-state index in [9.17, 15) is 4.79 Å². The maximum absolute atomic E-state index is 12.5. The van der Waals surface area contributed by atoms with Gasteiger partial charge < -0.3 is 4.42 Å². The van der Waals surface area contributed by atoms with Crippen molar-refractivity contribution in [3.05, 3.63) is 85.2 Å². The fraction of sp³-hybridized carbons (Fsp3) is 0.0500. The van der Waals surface area contributed by atoms with E-state index in [0.717, 1.165) is 35.2 Å². The minimum Gasteiger partial charge on any atom is -0.464 e. The summed E-state index contributed by atoms with van der Waals surface area (Å²) in [6, 6.07) is 17.6. The van der Waals surface area contributed by atoms with Gasteiger partial charge in [-0.1, -0.05) is 30.3 Å². The van der Waals surface area contributed by atoms with Crippen LogP contribution in [0, 0.1) is 7.14 Å². The van der Waals surface area contributed by atoms with Crippen LogP contribution in [0.4, 0.5) is 0 Å². The molecule has 0 bridgehead atoms. The number of carbonyl (C=O) groups is 1. The third-order valence-electron chi connectivity index (χ3n) is 3.68. The Morgan fingerprint density at radius 2 is 1.67 bits per heavy atom. The Bertz CT molecular complexity index is 923. The van der Waals surface area contributed by atoms with Crippen molar-refractivity contribution in [1.82, 2.24) is 0 Å². The molecule has 0 aliphatic heterocycles. The van der Waals surface area contributed by atoms with Gasteiger partial charge in [-0.05, 0) is 88.0 Å². The van der Waals surface area contributed by atoms with Crippen LogP contribution in [0.2, 0.25) is 0 Å². The van der Waals surface area contributed by atoms with Crippen LogP contribution in [0.3, 0.4) is 0 Å². The predicted octanol–water partition coefficient (Wildman–Crippen LogP) is 6.44. The van der Waals surface area contributed by atoms with E-state index in [1.807, 2.05) is 61.5 Å². The van der Waals surface area contributed by atoms with Crippen molar-refractivity contribution >= 4 is 56.5 Å². The number of carbonyl (C=O) groups excluding carboxylic acids is 1. The Morgan fingerprint density at radius 3 is 2.38 bits per heavy atom. The Labute approximate surface area is 168 Å². The van der Waals surface area contributed by atoms with Gasteiger partial charge in [-0.3, -0.25) is 4.79 Å². The largest absolute Gasteiger partial charge is 0.464 e. The molecule has 0 spiro atoms. The minimum atomic E-state index is 0.00883. The summed E-state index contributed by atoms with van der Waals surface area (Å²) < 4.78 is 7.79. The van der Waals surface area contributed by atoms with E-state index in [0.29, 0.717) is 0 Å². The average Bonchev–Trinajstić information content (AvgIpc) is 3.05. The summed E-state index contributed by atoms with van der Waals surface area (Å²) in [6.07, 6.45) is 3.37. The van der Waals surface area contributed by atoms with E-state index in [2.05, 4.69) is 45.2 Å². The van der Waals surface area contributed by atoms with Crippen molar-refractivity contribution in [2.24, 2.45) is 0 Å². The van der Waals surface area contributed by atoms with E-state index in [4.69, 9.17) is 4.42 Å². The van der Waals surface area contributed by atoms with Crippen molar-refractivity contribution in [2.75, 3.05) is 0 Å². The standard InChI is InChI=1S/C20H14I2O2/c1-13(10-19(23)15-6-2-4-8-17(15)21)14-11-20(24-12-14)16-7-3-5-9-18(16)22/h2-12H,1H3/b13-10+. The fourth-order valence-electron chi connectivity index (χ4n) is 2.36. The second-order valence-electron chi connectivity index (χ2n) is 5.35. The normalized spacial score (nSPS) is 11.5. The molecule has 0 fully saturated rings. The SMILES string of the molecule is C/C(=C\C(=O)c1ccccc1I)c1coc(-c2ccccc2I)c1. The number of ketones is 1. The van der Waals surface area contributed by atoms with Gasteiger partial charge in [-0.25, -0.2) is 0 Å². The van der Waals surface area contributed by atoms with E-state index in [1.165, 1.54) is 0 Å². The lowest BCUT2D eigenvalue weighted by atomic mass is 10.0. The van der Waals surface area contributed by atoms with Crippen LogP contribution in [0.1, 0.15) is 22.8 Å². The highest BCUT2D eigenvalue weighted by Gasteiger charge is 2.11. The molecule has 120 valence electrons. The smallest absolute Gasteiger partial charge is 0.187 e. The lowest BCUT2D eigenvalue weighted by Gasteiger charge is -2.01. The Kier molecular flexibility index (Phi) is 5.55. The molecule has 0 radical (unpaired) electrons. The molecule has 4 heteroatoms. The summed E-state index contributed by atoms with van der Waals surface area (Å²) in [7, 11) is 0. The number of hydrogen-bond acceptors (Lipinski definition) is 2. The quantitative estimate of drug-likeness (QED) is 0.217. The molecular formula is C20H14I2O2. The lowest BCUT2D eigenvalue weighted by Crippen LogP contribution is -1.98. The summed E-state index contributed by atoms with van der Waals surface area (Å²) in [6.45, 7) is 1.93. The number of allylic oxidation sites excluding steroid dienone is 2. The number of halogens is 2. The van der Waals surface area contributed by atoms with Crippen LogP contribution in [0.25, 0.3) is 16.9 Å². The van der Waals surface area contributed by atoms with Crippen molar-refractivity contribution in [2.45, 2.75) is 6.92 Å². The van der Waals surface area contributed by atoms with Gasteiger partial charge >= 0.3 is 0 Å². The van der Waals surface area contributed by atoms with Gasteiger partial charge in [0.05, 0.1) is 6.26 Å². The third kappa shape index (κ3) is 3.80. The number of rotatable bonds is 4. The first kappa shape index (κ1) is 17.4. The molecule has 0 atom stereocenters. The van der Waals surface area contributed by atoms with Gasteiger partial charge in [-0.15, -0.1) is 0 Å². The van der Waals surface area contributed by atoms with Crippen LogP contribution in [-0.2, 0) is 0 Å². The van der Waals surface area contributed by atoms with E-state index in [-0.39, 0.29) is 5.78 Å². The van der Waals surface area contributed by atoms with Gasteiger partial charge in [0, 0.05) is 23.8 Å².